The summed E-state index contributed by atoms with van der Waals surface area (Å²) in [6.07, 6.45) is 3.93. The summed E-state index contributed by atoms with van der Waals surface area (Å²) in [6, 6.07) is 12.2. The number of benzene rings is 1. The molecule has 0 atom stereocenters. The van der Waals surface area contributed by atoms with Crippen molar-refractivity contribution >= 4 is 23.3 Å². The van der Waals surface area contributed by atoms with Crippen molar-refractivity contribution in [3.8, 4) is 16.9 Å². The minimum absolute atomic E-state index is 0.250. The standard InChI is InChI=1S/C18H18N6.CH3NO/c1-12-16(13-9-14-11-21-23(3)18(14)20-10-13)22-24(17(12)19-2)15-7-5-4-6-8-15;2-1-3/h4-11,19H,1-3H3;1H,(H2,2,3). The highest BCUT2D eigenvalue weighted by molar-refractivity contribution is 5.81. The number of aryl methyl sites for hydroxylation is 1. The Bertz CT molecular complexity index is 1070. The fourth-order valence-corrected chi connectivity index (χ4v) is 2.99. The van der Waals surface area contributed by atoms with Crippen LogP contribution in [-0.4, -0.2) is 38.0 Å². The van der Waals surface area contributed by atoms with E-state index >= 15 is 0 Å². The Morgan fingerprint density at radius 1 is 1.19 bits per heavy atom. The monoisotopic (exact) mass is 363 g/mol. The largest absolute Gasteiger partial charge is 0.373 e. The number of para-hydroxylation sites is 1. The van der Waals surface area contributed by atoms with Gasteiger partial charge in [0.25, 0.3) is 0 Å². The fraction of sp³-hybridized carbons (Fsp3) is 0.158. The van der Waals surface area contributed by atoms with Crippen molar-refractivity contribution < 1.29 is 4.79 Å². The molecule has 3 aromatic heterocycles. The van der Waals surface area contributed by atoms with Gasteiger partial charge in [0.05, 0.1) is 17.6 Å². The van der Waals surface area contributed by atoms with Gasteiger partial charge in [0.2, 0.25) is 6.41 Å². The average molecular weight is 363 g/mol. The highest BCUT2D eigenvalue weighted by atomic mass is 16.1. The van der Waals surface area contributed by atoms with Gasteiger partial charge < -0.3 is 11.1 Å². The summed E-state index contributed by atoms with van der Waals surface area (Å²) in [7, 11) is 3.80. The topological polar surface area (TPSA) is 104 Å². The van der Waals surface area contributed by atoms with Gasteiger partial charge in [-0.15, -0.1) is 0 Å². The number of nitrogens with one attached hydrogen (secondary N) is 1. The van der Waals surface area contributed by atoms with E-state index in [1.165, 1.54) is 0 Å². The molecule has 4 aromatic rings. The van der Waals surface area contributed by atoms with Crippen LogP contribution in [0.15, 0.2) is 48.8 Å². The summed E-state index contributed by atoms with van der Waals surface area (Å²) in [5, 5.41) is 13.3. The third kappa shape index (κ3) is 3.37. The Morgan fingerprint density at radius 3 is 2.56 bits per heavy atom. The second kappa shape index (κ2) is 7.69. The Labute approximate surface area is 156 Å². The minimum Gasteiger partial charge on any atom is -0.373 e. The maximum atomic E-state index is 8.58. The van der Waals surface area contributed by atoms with E-state index in [9.17, 15) is 0 Å². The van der Waals surface area contributed by atoms with Crippen molar-refractivity contribution in [2.75, 3.05) is 12.4 Å². The highest BCUT2D eigenvalue weighted by Gasteiger charge is 2.17. The lowest BCUT2D eigenvalue weighted by Gasteiger charge is -2.06. The summed E-state index contributed by atoms with van der Waals surface area (Å²) >= 11 is 0. The molecule has 0 radical (unpaired) electrons. The quantitative estimate of drug-likeness (QED) is 0.544. The van der Waals surface area contributed by atoms with Crippen molar-refractivity contribution in [3.63, 3.8) is 0 Å². The molecule has 1 aromatic carbocycles. The minimum atomic E-state index is 0.250. The van der Waals surface area contributed by atoms with Crippen molar-refractivity contribution in [2.24, 2.45) is 12.8 Å². The predicted octanol–water partition coefficient (Wildman–Crippen LogP) is 2.27. The van der Waals surface area contributed by atoms with Gasteiger partial charge in [-0.05, 0) is 25.1 Å². The molecule has 27 heavy (non-hydrogen) atoms. The Morgan fingerprint density at radius 2 is 1.89 bits per heavy atom. The maximum Gasteiger partial charge on any atom is 0.204 e. The van der Waals surface area contributed by atoms with E-state index < -0.39 is 0 Å². The first-order valence-corrected chi connectivity index (χ1v) is 8.37. The molecular weight excluding hydrogens is 342 g/mol. The molecule has 8 heteroatoms. The number of hydrogen-bond acceptors (Lipinski definition) is 5. The molecule has 0 fully saturated rings. The molecule has 0 aliphatic heterocycles. The third-order valence-corrected chi connectivity index (χ3v) is 4.20. The zero-order valence-corrected chi connectivity index (χ0v) is 15.4. The first-order valence-electron chi connectivity index (χ1n) is 8.37. The Hall–Kier alpha value is -3.68. The van der Waals surface area contributed by atoms with Gasteiger partial charge in [-0.2, -0.15) is 10.2 Å². The van der Waals surface area contributed by atoms with Gasteiger partial charge in [-0.3, -0.25) is 9.48 Å². The van der Waals surface area contributed by atoms with Gasteiger partial charge in [0, 0.05) is 36.8 Å². The molecule has 0 aliphatic rings. The molecule has 138 valence electrons. The molecule has 3 heterocycles. The third-order valence-electron chi connectivity index (χ3n) is 4.20. The number of rotatable bonds is 3. The number of aromatic nitrogens is 5. The van der Waals surface area contributed by atoms with E-state index in [1.54, 1.807) is 4.68 Å². The maximum absolute atomic E-state index is 8.58. The van der Waals surface area contributed by atoms with Gasteiger partial charge in [-0.1, -0.05) is 18.2 Å². The first kappa shape index (κ1) is 18.1. The van der Waals surface area contributed by atoms with Crippen molar-refractivity contribution in [2.45, 2.75) is 6.92 Å². The van der Waals surface area contributed by atoms with Crippen molar-refractivity contribution in [3.05, 3.63) is 54.4 Å². The average Bonchev–Trinajstić information content (AvgIpc) is 3.22. The molecule has 4 rings (SSSR count). The molecule has 0 bridgehead atoms. The van der Waals surface area contributed by atoms with Gasteiger partial charge in [0.1, 0.15) is 5.82 Å². The van der Waals surface area contributed by atoms with E-state index in [4.69, 9.17) is 9.89 Å². The molecule has 0 unspecified atom stereocenters. The van der Waals surface area contributed by atoms with Gasteiger partial charge >= 0.3 is 0 Å². The summed E-state index contributed by atoms with van der Waals surface area (Å²) < 4.78 is 3.70. The van der Waals surface area contributed by atoms with Gasteiger partial charge in [-0.25, -0.2) is 9.67 Å². The molecule has 1 amide bonds. The Kier molecular flexibility index (Phi) is 5.16. The van der Waals surface area contributed by atoms with Crippen LogP contribution >= 0.6 is 0 Å². The van der Waals surface area contributed by atoms with Crippen LogP contribution in [0, 0.1) is 6.92 Å². The molecule has 3 N–H and O–H groups in total. The fourth-order valence-electron chi connectivity index (χ4n) is 2.99. The van der Waals surface area contributed by atoms with E-state index in [0.717, 1.165) is 39.4 Å². The lowest BCUT2D eigenvalue weighted by atomic mass is 10.1. The summed E-state index contributed by atoms with van der Waals surface area (Å²) in [5.74, 6) is 0.975. The zero-order chi connectivity index (χ0) is 19.4. The van der Waals surface area contributed by atoms with Crippen LogP contribution in [0.25, 0.3) is 28.0 Å². The SMILES string of the molecule is CNc1c(C)c(-c2cnc3c(cnn3C)c2)nn1-c1ccccc1.NC=O. The summed E-state index contributed by atoms with van der Waals surface area (Å²) in [4.78, 5) is 13.1. The highest BCUT2D eigenvalue weighted by Crippen LogP contribution is 2.30. The van der Waals surface area contributed by atoms with Gasteiger partial charge in [0.15, 0.2) is 5.65 Å². The summed E-state index contributed by atoms with van der Waals surface area (Å²) in [5.41, 5.74) is 9.05. The number of pyridine rings is 1. The van der Waals surface area contributed by atoms with Crippen LogP contribution in [0.4, 0.5) is 5.82 Å². The second-order valence-corrected chi connectivity index (χ2v) is 5.86. The Balaban J connectivity index is 0.000000659. The number of amides is 1. The second-order valence-electron chi connectivity index (χ2n) is 5.86. The van der Waals surface area contributed by atoms with Crippen LogP contribution in [0.2, 0.25) is 0 Å². The molecule has 8 nitrogen and oxygen atoms in total. The first-order chi connectivity index (χ1) is 13.1. The van der Waals surface area contributed by atoms with Crippen LogP contribution in [0.3, 0.4) is 0 Å². The zero-order valence-electron chi connectivity index (χ0n) is 15.4. The van der Waals surface area contributed by atoms with E-state index in [-0.39, 0.29) is 6.41 Å². The molecule has 0 spiro atoms. The van der Waals surface area contributed by atoms with Crippen molar-refractivity contribution in [1.29, 1.82) is 0 Å². The number of hydrogen-bond donors (Lipinski definition) is 2. The van der Waals surface area contributed by atoms with Crippen molar-refractivity contribution in [1.82, 2.24) is 24.5 Å². The van der Waals surface area contributed by atoms with Crippen LogP contribution in [-0.2, 0) is 11.8 Å². The van der Waals surface area contributed by atoms with E-state index in [2.05, 4.69) is 34.1 Å². The molecule has 0 aliphatic carbocycles. The number of carbonyl (C=O) groups excluding carboxylic acids is 1. The van der Waals surface area contributed by atoms with Crippen LogP contribution in [0.5, 0.6) is 0 Å². The normalized spacial score (nSPS) is 10.3. The number of anilines is 1. The molecule has 0 saturated carbocycles. The van der Waals surface area contributed by atoms with Crippen LogP contribution < -0.4 is 11.1 Å². The summed E-state index contributed by atoms with van der Waals surface area (Å²) in [6.45, 7) is 2.07. The lowest BCUT2D eigenvalue weighted by Crippen LogP contribution is -2.02. The lowest BCUT2D eigenvalue weighted by molar-refractivity contribution is -0.106. The number of nitrogens with zero attached hydrogens (tertiary/aromatic N) is 5. The number of fused-ring (bicyclic) bond motifs is 1. The smallest absolute Gasteiger partial charge is 0.204 e. The van der Waals surface area contributed by atoms with Crippen LogP contribution in [0.1, 0.15) is 5.56 Å². The molecule has 0 saturated heterocycles. The number of primary amides is 1. The van der Waals surface area contributed by atoms with E-state index in [1.807, 2.05) is 61.5 Å². The van der Waals surface area contributed by atoms with E-state index in [0.29, 0.717) is 0 Å². The number of carbonyl (C=O) groups is 1. The number of nitrogens with two attached hydrogens (primary N) is 1. The predicted molar refractivity (Wildman–Crippen MR) is 106 cm³/mol. The molecular formula is C19H21N7O.